The van der Waals surface area contributed by atoms with Gasteiger partial charge in [0.2, 0.25) is 11.9 Å². The molecule has 0 bridgehead atoms. The predicted molar refractivity (Wildman–Crippen MR) is 60.2 cm³/mol. The fraction of sp³-hybridized carbons (Fsp3) is 0.667. The van der Waals surface area contributed by atoms with Crippen LogP contribution in [0.4, 0.5) is 11.9 Å². The van der Waals surface area contributed by atoms with Crippen LogP contribution in [0.1, 0.15) is 19.3 Å². The van der Waals surface area contributed by atoms with Gasteiger partial charge >= 0.3 is 6.01 Å². The highest BCUT2D eigenvalue weighted by atomic mass is 16.5. The minimum atomic E-state index is 0.129. The number of unbranched alkanes of at least 4 members (excludes halogenated alkanes) is 2. The second kappa shape index (κ2) is 6.78. The van der Waals surface area contributed by atoms with Gasteiger partial charge in [0.25, 0.3) is 0 Å². The highest BCUT2D eigenvalue weighted by Gasteiger charge is 2.02. The van der Waals surface area contributed by atoms with E-state index in [-0.39, 0.29) is 18.6 Å². The third-order valence-corrected chi connectivity index (χ3v) is 1.93. The number of hydrogen-bond acceptors (Lipinski definition) is 7. The van der Waals surface area contributed by atoms with Gasteiger partial charge in [-0.25, -0.2) is 0 Å². The Balaban J connectivity index is 2.38. The van der Waals surface area contributed by atoms with E-state index in [1.807, 2.05) is 0 Å². The second-order valence-electron chi connectivity index (χ2n) is 3.21. The Bertz CT molecular complexity index is 321. The minimum Gasteiger partial charge on any atom is -0.467 e. The normalized spacial score (nSPS) is 10.1. The van der Waals surface area contributed by atoms with Crippen LogP contribution in [0, 0.1) is 0 Å². The molecule has 0 unspecified atom stereocenters. The molecule has 4 N–H and O–H groups in total. The molecule has 0 radical (unpaired) electrons. The van der Waals surface area contributed by atoms with Crippen LogP contribution in [0.3, 0.4) is 0 Å². The summed E-state index contributed by atoms with van der Waals surface area (Å²) in [6, 6.07) is 0.199. The summed E-state index contributed by atoms with van der Waals surface area (Å²) in [4.78, 5) is 11.7. The third kappa shape index (κ3) is 4.26. The van der Waals surface area contributed by atoms with Crippen LogP contribution in [0.5, 0.6) is 6.01 Å². The van der Waals surface area contributed by atoms with Gasteiger partial charge in [0.15, 0.2) is 0 Å². The first-order chi connectivity index (χ1) is 7.76. The van der Waals surface area contributed by atoms with Gasteiger partial charge in [-0.1, -0.05) is 0 Å². The smallest absolute Gasteiger partial charge is 0.322 e. The molecule has 90 valence electrons. The van der Waals surface area contributed by atoms with Crippen molar-refractivity contribution >= 4 is 11.9 Å². The summed E-state index contributed by atoms with van der Waals surface area (Å²) in [7, 11) is 1.47. The Hall–Kier alpha value is -1.63. The zero-order valence-corrected chi connectivity index (χ0v) is 9.31. The summed E-state index contributed by atoms with van der Waals surface area (Å²) in [5.74, 6) is 0.540. The highest BCUT2D eigenvalue weighted by Crippen LogP contribution is 2.08. The van der Waals surface area contributed by atoms with Crippen molar-refractivity contribution in [1.29, 1.82) is 0 Å². The third-order valence-electron chi connectivity index (χ3n) is 1.93. The Morgan fingerprint density at radius 2 is 2.06 bits per heavy atom. The number of aromatic nitrogens is 3. The van der Waals surface area contributed by atoms with Gasteiger partial charge < -0.3 is 20.9 Å². The van der Waals surface area contributed by atoms with Crippen molar-refractivity contribution in [3.63, 3.8) is 0 Å². The van der Waals surface area contributed by atoms with E-state index in [1.165, 1.54) is 7.11 Å². The standard InChI is InChI=1S/C9H17N5O2/c1-16-9-13-7(10)12-8(14-9)11-5-3-2-4-6-15/h15H,2-6H2,1H3,(H3,10,11,12,13,14). The summed E-state index contributed by atoms with van der Waals surface area (Å²) >= 11 is 0. The SMILES string of the molecule is COc1nc(N)nc(NCCCCCO)n1. The molecule has 1 aromatic heterocycles. The molecule has 16 heavy (non-hydrogen) atoms. The molecule has 0 aliphatic rings. The minimum absolute atomic E-state index is 0.129. The molecule has 0 spiro atoms. The molecule has 0 saturated heterocycles. The summed E-state index contributed by atoms with van der Waals surface area (Å²) in [5, 5.41) is 11.6. The van der Waals surface area contributed by atoms with Crippen LogP contribution in [-0.2, 0) is 0 Å². The van der Waals surface area contributed by atoms with Crippen molar-refractivity contribution < 1.29 is 9.84 Å². The molecule has 7 heteroatoms. The van der Waals surface area contributed by atoms with E-state index in [9.17, 15) is 0 Å². The van der Waals surface area contributed by atoms with E-state index in [0.717, 1.165) is 25.8 Å². The molecule has 7 nitrogen and oxygen atoms in total. The van der Waals surface area contributed by atoms with E-state index >= 15 is 0 Å². The number of anilines is 2. The summed E-state index contributed by atoms with van der Waals surface area (Å²) in [6.45, 7) is 0.957. The first kappa shape index (κ1) is 12.4. The highest BCUT2D eigenvalue weighted by molar-refractivity contribution is 5.32. The lowest BCUT2D eigenvalue weighted by Gasteiger charge is -2.05. The molecule has 1 heterocycles. The van der Waals surface area contributed by atoms with E-state index < -0.39 is 0 Å². The topological polar surface area (TPSA) is 106 Å². The lowest BCUT2D eigenvalue weighted by molar-refractivity contribution is 0.283. The van der Waals surface area contributed by atoms with E-state index in [4.69, 9.17) is 15.6 Å². The summed E-state index contributed by atoms with van der Waals surface area (Å²) in [5.41, 5.74) is 5.47. The number of nitrogen functional groups attached to an aromatic ring is 1. The zero-order chi connectivity index (χ0) is 11.8. The molecule has 0 fully saturated rings. The first-order valence-electron chi connectivity index (χ1n) is 5.16. The molecule has 0 saturated carbocycles. The molecule has 1 rings (SSSR count). The van der Waals surface area contributed by atoms with Gasteiger partial charge in [-0.2, -0.15) is 15.0 Å². The lowest BCUT2D eigenvalue weighted by Crippen LogP contribution is -2.09. The quantitative estimate of drug-likeness (QED) is 0.564. The van der Waals surface area contributed by atoms with Crippen molar-refractivity contribution in [1.82, 2.24) is 15.0 Å². The van der Waals surface area contributed by atoms with Crippen molar-refractivity contribution in [3.05, 3.63) is 0 Å². The second-order valence-corrected chi connectivity index (χ2v) is 3.21. The molecule has 1 aromatic rings. The van der Waals surface area contributed by atoms with Crippen LogP contribution in [-0.4, -0.2) is 40.3 Å². The van der Waals surface area contributed by atoms with Crippen molar-refractivity contribution in [3.8, 4) is 6.01 Å². The average Bonchev–Trinajstić information content (AvgIpc) is 2.28. The van der Waals surface area contributed by atoms with Gasteiger partial charge in [-0.15, -0.1) is 0 Å². The number of nitrogens with one attached hydrogen (secondary N) is 1. The Kier molecular flexibility index (Phi) is 5.27. The molecule has 0 amide bonds. The largest absolute Gasteiger partial charge is 0.467 e. The van der Waals surface area contributed by atoms with E-state index in [1.54, 1.807) is 0 Å². The predicted octanol–water partition coefficient (Wildman–Crippen LogP) is 0.0369. The Morgan fingerprint density at radius 1 is 1.25 bits per heavy atom. The fourth-order valence-corrected chi connectivity index (χ4v) is 1.16. The number of methoxy groups -OCH3 is 1. The molecule has 0 aliphatic heterocycles. The molecule has 0 aromatic carbocycles. The maximum Gasteiger partial charge on any atom is 0.322 e. The van der Waals surface area contributed by atoms with Crippen LogP contribution < -0.4 is 15.8 Å². The van der Waals surface area contributed by atoms with Crippen LogP contribution in [0.2, 0.25) is 0 Å². The molecular formula is C9H17N5O2. The van der Waals surface area contributed by atoms with Gasteiger partial charge in [0.05, 0.1) is 7.11 Å². The number of aliphatic hydroxyl groups is 1. The number of ether oxygens (including phenoxy) is 1. The van der Waals surface area contributed by atoms with Gasteiger partial charge in [0.1, 0.15) is 0 Å². The maximum atomic E-state index is 8.60. The Morgan fingerprint density at radius 3 is 2.75 bits per heavy atom. The number of aliphatic hydroxyl groups excluding tert-OH is 1. The van der Waals surface area contributed by atoms with E-state index in [0.29, 0.717) is 5.95 Å². The van der Waals surface area contributed by atoms with Crippen LogP contribution >= 0.6 is 0 Å². The summed E-state index contributed by atoms with van der Waals surface area (Å²) in [6.07, 6.45) is 2.71. The van der Waals surface area contributed by atoms with Crippen LogP contribution in [0.25, 0.3) is 0 Å². The number of hydrogen-bond donors (Lipinski definition) is 3. The van der Waals surface area contributed by atoms with Gasteiger partial charge in [0, 0.05) is 13.2 Å². The average molecular weight is 227 g/mol. The molecular weight excluding hydrogens is 210 g/mol. The summed E-state index contributed by atoms with van der Waals surface area (Å²) < 4.78 is 4.87. The van der Waals surface area contributed by atoms with E-state index in [2.05, 4.69) is 20.3 Å². The number of rotatable bonds is 7. The zero-order valence-electron chi connectivity index (χ0n) is 9.31. The molecule has 0 atom stereocenters. The Labute approximate surface area is 94.1 Å². The van der Waals surface area contributed by atoms with Crippen molar-refractivity contribution in [2.45, 2.75) is 19.3 Å². The van der Waals surface area contributed by atoms with Crippen LogP contribution in [0.15, 0.2) is 0 Å². The fourth-order valence-electron chi connectivity index (χ4n) is 1.16. The van der Waals surface area contributed by atoms with Crippen molar-refractivity contribution in [2.75, 3.05) is 31.3 Å². The van der Waals surface area contributed by atoms with Crippen molar-refractivity contribution in [2.24, 2.45) is 0 Å². The monoisotopic (exact) mass is 227 g/mol. The van der Waals surface area contributed by atoms with Gasteiger partial charge in [-0.3, -0.25) is 0 Å². The number of nitrogens with two attached hydrogens (primary N) is 1. The first-order valence-corrected chi connectivity index (χ1v) is 5.16. The molecule has 0 aliphatic carbocycles. The number of nitrogens with zero attached hydrogens (tertiary/aromatic N) is 3. The lowest BCUT2D eigenvalue weighted by atomic mass is 10.2. The maximum absolute atomic E-state index is 8.60. The van der Waals surface area contributed by atoms with Gasteiger partial charge in [-0.05, 0) is 19.3 Å².